The molecular weight excluding hydrogens is 316 g/mol. The topological polar surface area (TPSA) is 73.4 Å². The number of benzene rings is 1. The third kappa shape index (κ3) is 4.02. The molecule has 1 aliphatic heterocycles. The molecule has 1 amide bonds. The minimum absolute atomic E-state index is 0.0152. The SMILES string of the molecule is COc1ccc(Cn2cc(C(=O)N3CCCC[C@@H]3[C@@H](C)N)cn2)cc1. The van der Waals surface area contributed by atoms with E-state index in [2.05, 4.69) is 5.10 Å². The average molecular weight is 342 g/mol. The molecule has 0 radical (unpaired) electrons. The number of nitrogens with two attached hydrogens (primary N) is 1. The molecule has 134 valence electrons. The predicted molar refractivity (Wildman–Crippen MR) is 96.6 cm³/mol. The monoisotopic (exact) mass is 342 g/mol. The summed E-state index contributed by atoms with van der Waals surface area (Å²) in [5, 5.41) is 4.35. The molecule has 0 aliphatic carbocycles. The van der Waals surface area contributed by atoms with Crippen LogP contribution in [0.4, 0.5) is 0 Å². The molecule has 2 atom stereocenters. The van der Waals surface area contributed by atoms with Crippen LogP contribution >= 0.6 is 0 Å². The van der Waals surface area contributed by atoms with Crippen LogP contribution in [0, 0.1) is 0 Å². The van der Waals surface area contributed by atoms with E-state index >= 15 is 0 Å². The van der Waals surface area contributed by atoms with E-state index in [0.29, 0.717) is 12.1 Å². The molecule has 1 aliphatic rings. The highest BCUT2D eigenvalue weighted by atomic mass is 16.5. The van der Waals surface area contributed by atoms with Crippen LogP contribution in [0.3, 0.4) is 0 Å². The Morgan fingerprint density at radius 1 is 1.36 bits per heavy atom. The smallest absolute Gasteiger partial charge is 0.257 e. The van der Waals surface area contributed by atoms with Crippen LogP contribution in [-0.2, 0) is 6.54 Å². The van der Waals surface area contributed by atoms with Crippen molar-refractivity contribution in [1.29, 1.82) is 0 Å². The van der Waals surface area contributed by atoms with Gasteiger partial charge < -0.3 is 15.4 Å². The van der Waals surface area contributed by atoms with Crippen LogP contribution in [-0.4, -0.2) is 46.3 Å². The number of rotatable bonds is 5. The Kier molecular flexibility index (Phi) is 5.38. The first-order chi connectivity index (χ1) is 12.1. The maximum Gasteiger partial charge on any atom is 0.257 e. The molecular formula is C19H26N4O2. The molecule has 2 aromatic rings. The summed E-state index contributed by atoms with van der Waals surface area (Å²) in [4.78, 5) is 14.8. The molecule has 2 heterocycles. The third-order valence-corrected chi connectivity index (χ3v) is 4.80. The summed E-state index contributed by atoms with van der Waals surface area (Å²) >= 11 is 0. The zero-order valence-corrected chi connectivity index (χ0v) is 14.9. The van der Waals surface area contributed by atoms with Crippen LogP contribution in [0.5, 0.6) is 5.75 Å². The lowest BCUT2D eigenvalue weighted by Gasteiger charge is -2.37. The van der Waals surface area contributed by atoms with Crippen molar-refractivity contribution < 1.29 is 9.53 Å². The quantitative estimate of drug-likeness (QED) is 0.905. The first-order valence-electron chi connectivity index (χ1n) is 8.80. The van der Waals surface area contributed by atoms with Crippen LogP contribution in [0.1, 0.15) is 42.1 Å². The number of carbonyl (C=O) groups is 1. The zero-order chi connectivity index (χ0) is 17.8. The van der Waals surface area contributed by atoms with E-state index in [0.717, 1.165) is 37.1 Å². The van der Waals surface area contributed by atoms with Gasteiger partial charge >= 0.3 is 0 Å². The minimum Gasteiger partial charge on any atom is -0.497 e. The van der Waals surface area contributed by atoms with Crippen molar-refractivity contribution >= 4 is 5.91 Å². The fourth-order valence-electron chi connectivity index (χ4n) is 3.40. The van der Waals surface area contributed by atoms with Crippen molar-refractivity contribution in [3.63, 3.8) is 0 Å². The van der Waals surface area contributed by atoms with Crippen molar-refractivity contribution in [1.82, 2.24) is 14.7 Å². The van der Waals surface area contributed by atoms with Gasteiger partial charge in [-0.05, 0) is 43.9 Å². The number of amides is 1. The van der Waals surface area contributed by atoms with E-state index in [-0.39, 0.29) is 18.0 Å². The molecule has 1 fully saturated rings. The molecule has 1 saturated heterocycles. The summed E-state index contributed by atoms with van der Waals surface area (Å²) in [6.07, 6.45) is 6.61. The molecule has 6 nitrogen and oxygen atoms in total. The number of carbonyl (C=O) groups excluding carboxylic acids is 1. The Morgan fingerprint density at radius 3 is 2.80 bits per heavy atom. The molecule has 2 N–H and O–H groups in total. The lowest BCUT2D eigenvalue weighted by molar-refractivity contribution is 0.0583. The van der Waals surface area contributed by atoms with Gasteiger partial charge in [-0.15, -0.1) is 0 Å². The van der Waals surface area contributed by atoms with E-state index in [4.69, 9.17) is 10.5 Å². The fraction of sp³-hybridized carbons (Fsp3) is 0.474. The Balaban J connectivity index is 1.70. The third-order valence-electron chi connectivity index (χ3n) is 4.80. The Labute approximate surface area is 148 Å². The van der Waals surface area contributed by atoms with Crippen LogP contribution in [0.15, 0.2) is 36.7 Å². The largest absolute Gasteiger partial charge is 0.497 e. The highest BCUT2D eigenvalue weighted by Gasteiger charge is 2.30. The van der Waals surface area contributed by atoms with Gasteiger partial charge in [0.2, 0.25) is 0 Å². The van der Waals surface area contributed by atoms with Gasteiger partial charge in [-0.2, -0.15) is 5.10 Å². The average Bonchev–Trinajstić information content (AvgIpc) is 3.10. The van der Waals surface area contributed by atoms with Crippen molar-refractivity contribution in [2.75, 3.05) is 13.7 Å². The molecule has 1 aromatic heterocycles. The number of ether oxygens (including phenoxy) is 1. The normalized spacial score (nSPS) is 18.8. The zero-order valence-electron chi connectivity index (χ0n) is 14.9. The highest BCUT2D eigenvalue weighted by molar-refractivity contribution is 5.94. The number of piperidine rings is 1. The molecule has 25 heavy (non-hydrogen) atoms. The molecule has 0 saturated carbocycles. The first kappa shape index (κ1) is 17.5. The van der Waals surface area contributed by atoms with Crippen LogP contribution in [0.2, 0.25) is 0 Å². The summed E-state index contributed by atoms with van der Waals surface area (Å²) in [7, 11) is 1.65. The van der Waals surface area contributed by atoms with Gasteiger partial charge in [0.1, 0.15) is 5.75 Å². The van der Waals surface area contributed by atoms with Gasteiger partial charge in [0.05, 0.1) is 25.4 Å². The maximum atomic E-state index is 12.9. The molecule has 0 spiro atoms. The van der Waals surface area contributed by atoms with Crippen molar-refractivity contribution in [2.24, 2.45) is 5.73 Å². The highest BCUT2D eigenvalue weighted by Crippen LogP contribution is 2.21. The van der Waals surface area contributed by atoms with Crippen LogP contribution in [0.25, 0.3) is 0 Å². The number of hydrogen-bond donors (Lipinski definition) is 1. The summed E-state index contributed by atoms with van der Waals surface area (Å²) in [6.45, 7) is 3.37. The second-order valence-electron chi connectivity index (χ2n) is 6.70. The number of hydrogen-bond acceptors (Lipinski definition) is 4. The standard InChI is InChI=1S/C19H26N4O2/c1-14(20)18-5-3-4-10-23(18)19(24)16-11-21-22(13-16)12-15-6-8-17(25-2)9-7-15/h6-9,11,13-14,18H,3-5,10,12,20H2,1-2H3/t14-,18-/m1/s1. The number of aromatic nitrogens is 2. The number of methoxy groups -OCH3 is 1. The lowest BCUT2D eigenvalue weighted by atomic mass is 9.96. The van der Waals surface area contributed by atoms with Gasteiger partial charge in [0, 0.05) is 24.8 Å². The summed E-state index contributed by atoms with van der Waals surface area (Å²) in [6, 6.07) is 7.94. The summed E-state index contributed by atoms with van der Waals surface area (Å²) in [5.41, 5.74) is 7.81. The van der Waals surface area contributed by atoms with Crippen LogP contribution < -0.4 is 10.5 Å². The van der Waals surface area contributed by atoms with E-state index in [1.807, 2.05) is 42.3 Å². The number of likely N-dealkylation sites (tertiary alicyclic amines) is 1. The Morgan fingerprint density at radius 2 is 2.12 bits per heavy atom. The predicted octanol–water partition coefficient (Wildman–Crippen LogP) is 2.28. The van der Waals surface area contributed by atoms with Crippen molar-refractivity contribution in [3.05, 3.63) is 47.8 Å². The van der Waals surface area contributed by atoms with Gasteiger partial charge in [-0.1, -0.05) is 12.1 Å². The van der Waals surface area contributed by atoms with E-state index in [9.17, 15) is 4.79 Å². The minimum atomic E-state index is -0.0152. The molecule has 1 aromatic carbocycles. The maximum absolute atomic E-state index is 12.9. The molecule has 6 heteroatoms. The summed E-state index contributed by atoms with van der Waals surface area (Å²) in [5.74, 6) is 0.857. The van der Waals surface area contributed by atoms with Gasteiger partial charge in [-0.3, -0.25) is 9.48 Å². The fourth-order valence-corrected chi connectivity index (χ4v) is 3.40. The lowest BCUT2D eigenvalue weighted by Crippen LogP contribution is -2.51. The molecule has 0 bridgehead atoms. The van der Waals surface area contributed by atoms with Crippen molar-refractivity contribution in [3.8, 4) is 5.75 Å². The van der Waals surface area contributed by atoms with E-state index in [1.165, 1.54) is 0 Å². The summed E-state index contributed by atoms with van der Waals surface area (Å²) < 4.78 is 6.96. The van der Waals surface area contributed by atoms with Gasteiger partial charge in [-0.25, -0.2) is 0 Å². The van der Waals surface area contributed by atoms with E-state index in [1.54, 1.807) is 18.0 Å². The van der Waals surface area contributed by atoms with Gasteiger partial charge in [0.25, 0.3) is 5.91 Å². The second kappa shape index (κ2) is 7.70. The molecule has 0 unspecified atom stereocenters. The Hall–Kier alpha value is -2.34. The molecule has 3 rings (SSSR count). The first-order valence-corrected chi connectivity index (χ1v) is 8.80. The van der Waals surface area contributed by atoms with Gasteiger partial charge in [0.15, 0.2) is 0 Å². The number of nitrogens with zero attached hydrogens (tertiary/aromatic N) is 3. The van der Waals surface area contributed by atoms with E-state index < -0.39 is 0 Å². The van der Waals surface area contributed by atoms with Crippen molar-refractivity contribution in [2.45, 2.75) is 44.8 Å². The Bertz CT molecular complexity index is 708. The second-order valence-corrected chi connectivity index (χ2v) is 6.70.